The molecule has 1 aliphatic heterocycles. The lowest BCUT2D eigenvalue weighted by atomic mass is 10.1. The third-order valence-electron chi connectivity index (χ3n) is 6.03. The summed E-state index contributed by atoms with van der Waals surface area (Å²) in [7, 11) is 3.15. The van der Waals surface area contributed by atoms with Crippen molar-refractivity contribution in [3.05, 3.63) is 59.0 Å². The number of hydrogen-bond acceptors (Lipinski definition) is 5. The van der Waals surface area contributed by atoms with E-state index in [9.17, 15) is 9.18 Å². The second-order valence-corrected chi connectivity index (χ2v) is 7.93. The van der Waals surface area contributed by atoms with E-state index < -0.39 is 5.82 Å². The molecule has 0 bridgehead atoms. The van der Waals surface area contributed by atoms with E-state index in [1.54, 1.807) is 32.4 Å². The molecule has 2 aromatic carbocycles. The summed E-state index contributed by atoms with van der Waals surface area (Å²) in [6, 6.07) is 10.1. The predicted octanol–water partition coefficient (Wildman–Crippen LogP) is 3.51. The van der Waals surface area contributed by atoms with Crippen LogP contribution in [0.25, 0.3) is 16.9 Å². The molecule has 1 fully saturated rings. The number of nitrogens with one attached hydrogen (secondary N) is 1. The van der Waals surface area contributed by atoms with Crippen LogP contribution in [0.5, 0.6) is 11.5 Å². The first-order valence-electron chi connectivity index (χ1n) is 10.6. The molecule has 1 aromatic heterocycles. The van der Waals surface area contributed by atoms with Gasteiger partial charge in [-0.3, -0.25) is 4.79 Å². The third-order valence-corrected chi connectivity index (χ3v) is 6.03. The number of halogens is 1. The topological polar surface area (TPSA) is 74.6 Å². The summed E-state index contributed by atoms with van der Waals surface area (Å²) >= 11 is 0. The van der Waals surface area contributed by atoms with Crippen molar-refractivity contribution in [2.24, 2.45) is 0 Å². The molecule has 1 aliphatic carbocycles. The first kappa shape index (κ1) is 20.5. The van der Waals surface area contributed by atoms with Gasteiger partial charge in [-0.25, -0.2) is 9.07 Å². The van der Waals surface area contributed by atoms with Gasteiger partial charge in [0.15, 0.2) is 17.2 Å². The number of fused-ring (bicyclic) bond motifs is 3. The van der Waals surface area contributed by atoms with Gasteiger partial charge >= 0.3 is 0 Å². The van der Waals surface area contributed by atoms with E-state index in [0.717, 1.165) is 36.1 Å². The third kappa shape index (κ3) is 3.40. The molecule has 1 atom stereocenters. The zero-order valence-electron chi connectivity index (χ0n) is 18.0. The first-order chi connectivity index (χ1) is 15.6. The Morgan fingerprint density at radius 1 is 1.25 bits per heavy atom. The lowest BCUT2D eigenvalue weighted by Gasteiger charge is -2.13. The molecule has 2 heterocycles. The molecule has 7 nitrogen and oxygen atoms in total. The van der Waals surface area contributed by atoms with E-state index in [1.807, 2.05) is 12.1 Å². The molecule has 8 heteroatoms. The van der Waals surface area contributed by atoms with Crippen LogP contribution in [0.1, 0.15) is 34.5 Å². The van der Waals surface area contributed by atoms with Crippen molar-refractivity contribution in [2.75, 3.05) is 27.4 Å². The Hall–Kier alpha value is -3.39. The van der Waals surface area contributed by atoms with Gasteiger partial charge in [-0.05, 0) is 42.7 Å². The van der Waals surface area contributed by atoms with Crippen LogP contribution in [0, 0.1) is 5.82 Å². The summed E-state index contributed by atoms with van der Waals surface area (Å²) in [6.45, 7) is 1.14. The Morgan fingerprint density at radius 2 is 2.03 bits per heavy atom. The number of ether oxygens (including phenoxy) is 3. The van der Waals surface area contributed by atoms with Crippen molar-refractivity contribution >= 4 is 5.91 Å². The van der Waals surface area contributed by atoms with Crippen LogP contribution in [-0.4, -0.2) is 49.2 Å². The van der Waals surface area contributed by atoms with Gasteiger partial charge in [0.1, 0.15) is 11.5 Å². The number of para-hydroxylation sites is 1. The number of carbonyl (C=O) groups excluding carboxylic acids is 1. The molecular formula is C24H24FN3O4. The lowest BCUT2D eigenvalue weighted by Crippen LogP contribution is -2.32. The molecule has 0 saturated carbocycles. The maximum absolute atomic E-state index is 14.7. The fourth-order valence-electron chi connectivity index (χ4n) is 4.45. The fraction of sp³-hybridized carbons (Fsp3) is 0.333. The highest BCUT2D eigenvalue weighted by molar-refractivity contribution is 5.97. The molecule has 0 unspecified atom stereocenters. The Bertz CT molecular complexity index is 1180. The van der Waals surface area contributed by atoms with E-state index in [0.29, 0.717) is 30.2 Å². The van der Waals surface area contributed by atoms with E-state index in [4.69, 9.17) is 14.2 Å². The van der Waals surface area contributed by atoms with Gasteiger partial charge in [-0.15, -0.1) is 0 Å². The minimum Gasteiger partial charge on any atom is -0.493 e. The SMILES string of the molecule is COc1cc2c(cc1OC)-c1c(c(C(=O)NC[C@H]3CCCO3)nn1-c1ccccc1F)C2. The Labute approximate surface area is 185 Å². The summed E-state index contributed by atoms with van der Waals surface area (Å²) in [5.41, 5.74) is 3.82. The summed E-state index contributed by atoms with van der Waals surface area (Å²) in [4.78, 5) is 13.1. The number of nitrogens with zero attached hydrogens (tertiary/aromatic N) is 2. The quantitative estimate of drug-likeness (QED) is 0.500. The normalized spacial score (nSPS) is 16.5. The molecule has 1 saturated heterocycles. The van der Waals surface area contributed by atoms with E-state index in [-0.39, 0.29) is 23.4 Å². The molecule has 32 heavy (non-hydrogen) atoms. The molecule has 2 aliphatic rings. The number of carbonyl (C=O) groups is 1. The summed E-state index contributed by atoms with van der Waals surface area (Å²) in [5.74, 6) is 0.451. The smallest absolute Gasteiger partial charge is 0.272 e. The van der Waals surface area contributed by atoms with Gasteiger partial charge in [-0.1, -0.05) is 12.1 Å². The van der Waals surface area contributed by atoms with Crippen LogP contribution >= 0.6 is 0 Å². The van der Waals surface area contributed by atoms with Gasteiger partial charge in [-0.2, -0.15) is 5.10 Å². The average molecular weight is 437 g/mol. The molecule has 1 amide bonds. The zero-order valence-corrected chi connectivity index (χ0v) is 18.0. The van der Waals surface area contributed by atoms with Crippen molar-refractivity contribution in [1.29, 1.82) is 0 Å². The Balaban J connectivity index is 1.60. The highest BCUT2D eigenvalue weighted by Gasteiger charge is 2.33. The van der Waals surface area contributed by atoms with Crippen LogP contribution in [0.15, 0.2) is 36.4 Å². The highest BCUT2D eigenvalue weighted by atomic mass is 19.1. The number of rotatable bonds is 6. The van der Waals surface area contributed by atoms with Crippen molar-refractivity contribution in [3.8, 4) is 28.4 Å². The van der Waals surface area contributed by atoms with E-state index in [1.165, 1.54) is 10.7 Å². The fourth-order valence-corrected chi connectivity index (χ4v) is 4.45. The van der Waals surface area contributed by atoms with Gasteiger partial charge in [0.25, 0.3) is 5.91 Å². The monoisotopic (exact) mass is 437 g/mol. The Morgan fingerprint density at radius 3 is 2.75 bits per heavy atom. The van der Waals surface area contributed by atoms with Gasteiger partial charge < -0.3 is 19.5 Å². The minimum atomic E-state index is -0.418. The summed E-state index contributed by atoms with van der Waals surface area (Å²) in [5, 5.41) is 7.50. The minimum absolute atomic E-state index is 0.0198. The summed E-state index contributed by atoms with van der Waals surface area (Å²) < 4.78 is 32.8. The predicted molar refractivity (Wildman–Crippen MR) is 116 cm³/mol. The maximum Gasteiger partial charge on any atom is 0.272 e. The Kier molecular flexibility index (Phi) is 5.30. The maximum atomic E-state index is 14.7. The first-order valence-corrected chi connectivity index (χ1v) is 10.6. The number of aromatic nitrogens is 2. The molecule has 0 spiro atoms. The average Bonchev–Trinajstić information content (AvgIpc) is 3.53. The summed E-state index contributed by atoms with van der Waals surface area (Å²) in [6.07, 6.45) is 2.43. The second kappa shape index (κ2) is 8.27. The molecule has 0 radical (unpaired) electrons. The van der Waals surface area contributed by atoms with Crippen LogP contribution in [0.3, 0.4) is 0 Å². The van der Waals surface area contributed by atoms with Gasteiger partial charge in [0.2, 0.25) is 0 Å². The van der Waals surface area contributed by atoms with Crippen molar-refractivity contribution < 1.29 is 23.4 Å². The van der Waals surface area contributed by atoms with Crippen molar-refractivity contribution in [2.45, 2.75) is 25.4 Å². The van der Waals surface area contributed by atoms with Crippen LogP contribution in [0.2, 0.25) is 0 Å². The van der Waals surface area contributed by atoms with Crippen LogP contribution in [-0.2, 0) is 11.2 Å². The molecule has 166 valence electrons. The molecule has 1 N–H and O–H groups in total. The van der Waals surface area contributed by atoms with Crippen molar-refractivity contribution in [3.63, 3.8) is 0 Å². The van der Waals surface area contributed by atoms with E-state index in [2.05, 4.69) is 10.4 Å². The van der Waals surface area contributed by atoms with Gasteiger partial charge in [0, 0.05) is 30.7 Å². The number of hydrogen-bond donors (Lipinski definition) is 1. The number of benzene rings is 2. The van der Waals surface area contributed by atoms with Crippen LogP contribution in [0.4, 0.5) is 4.39 Å². The molecule has 3 aromatic rings. The number of methoxy groups -OCH3 is 2. The second-order valence-electron chi connectivity index (χ2n) is 7.93. The van der Waals surface area contributed by atoms with Crippen molar-refractivity contribution in [1.82, 2.24) is 15.1 Å². The van der Waals surface area contributed by atoms with E-state index >= 15 is 0 Å². The highest BCUT2D eigenvalue weighted by Crippen LogP contribution is 2.45. The lowest BCUT2D eigenvalue weighted by molar-refractivity contribution is 0.0852. The molecular weight excluding hydrogens is 413 g/mol. The number of amides is 1. The zero-order chi connectivity index (χ0) is 22.2. The van der Waals surface area contributed by atoms with Gasteiger partial charge in [0.05, 0.1) is 26.0 Å². The standard InChI is InChI=1S/C24H24FN3O4/c1-30-20-11-14-10-17-22(24(29)26-13-15-6-5-9-32-15)27-28(19-8-4-3-7-18(19)25)23(17)16(14)12-21(20)31-2/h3-4,7-8,11-12,15H,5-6,9-10,13H2,1-2H3,(H,26,29)/t15-/m1/s1. The largest absolute Gasteiger partial charge is 0.493 e. The van der Waals surface area contributed by atoms with Crippen LogP contribution < -0.4 is 14.8 Å². The molecule has 5 rings (SSSR count).